The molecule has 3 aromatic rings. The molecule has 0 aliphatic heterocycles. The lowest BCUT2D eigenvalue weighted by Gasteiger charge is -2.05. The van der Waals surface area contributed by atoms with E-state index in [0.29, 0.717) is 6.61 Å². The molecule has 8 heteroatoms. The lowest BCUT2D eigenvalue weighted by atomic mass is 10.3. The number of hydrogen-bond acceptors (Lipinski definition) is 8. The number of nitrogens with one attached hydrogen (secondary N) is 1. The highest BCUT2D eigenvalue weighted by Crippen LogP contribution is 2.28. The summed E-state index contributed by atoms with van der Waals surface area (Å²) in [5, 5.41) is 12.3. The van der Waals surface area contributed by atoms with Crippen molar-refractivity contribution in [2.45, 2.75) is 4.34 Å². The number of methoxy groups -OCH3 is 2. The van der Waals surface area contributed by atoms with Crippen LogP contribution < -0.4 is 19.5 Å². The molecular weight excluding hydrogens is 370 g/mol. The number of anilines is 2. The van der Waals surface area contributed by atoms with Gasteiger partial charge in [-0.05, 0) is 48.5 Å². The fourth-order valence-corrected chi connectivity index (χ4v) is 3.74. The molecule has 0 unspecified atom stereocenters. The van der Waals surface area contributed by atoms with Crippen LogP contribution in [-0.4, -0.2) is 36.8 Å². The summed E-state index contributed by atoms with van der Waals surface area (Å²) in [4.78, 5) is 0. The molecule has 0 saturated carbocycles. The van der Waals surface area contributed by atoms with E-state index in [2.05, 4.69) is 15.5 Å². The van der Waals surface area contributed by atoms with Crippen molar-refractivity contribution < 1.29 is 14.2 Å². The van der Waals surface area contributed by atoms with E-state index in [0.717, 1.165) is 38.2 Å². The van der Waals surface area contributed by atoms with E-state index < -0.39 is 0 Å². The Bertz CT molecular complexity index is 807. The third-order valence-corrected chi connectivity index (χ3v) is 5.32. The number of thioether (sulfide) groups is 1. The van der Waals surface area contributed by atoms with Gasteiger partial charge < -0.3 is 19.5 Å². The molecule has 0 atom stereocenters. The van der Waals surface area contributed by atoms with E-state index in [1.54, 1.807) is 26.0 Å². The lowest BCUT2D eigenvalue weighted by molar-refractivity contribution is 0.342. The predicted molar refractivity (Wildman–Crippen MR) is 105 cm³/mol. The normalized spacial score (nSPS) is 10.4. The van der Waals surface area contributed by atoms with Crippen LogP contribution >= 0.6 is 23.1 Å². The molecular formula is C18H19N3O3S2. The lowest BCUT2D eigenvalue weighted by Crippen LogP contribution is -1.99. The molecule has 0 amide bonds. The minimum absolute atomic E-state index is 0.595. The first-order valence-corrected chi connectivity index (χ1v) is 9.71. The minimum atomic E-state index is 0.595. The highest BCUT2D eigenvalue weighted by atomic mass is 32.2. The van der Waals surface area contributed by atoms with Gasteiger partial charge in [-0.1, -0.05) is 23.1 Å². The van der Waals surface area contributed by atoms with Crippen molar-refractivity contribution in [3.8, 4) is 17.2 Å². The van der Waals surface area contributed by atoms with Crippen molar-refractivity contribution in [1.82, 2.24) is 10.2 Å². The standard InChI is InChI=1S/C18H19N3O3S2/c1-22-14-5-3-13(4-6-14)19-17-20-21-18(26-17)25-12-11-24-16-9-7-15(23-2)8-10-16/h3-10H,11-12H2,1-2H3,(H,19,20). The first-order chi connectivity index (χ1) is 12.8. The molecule has 0 spiro atoms. The monoisotopic (exact) mass is 389 g/mol. The number of ether oxygens (including phenoxy) is 3. The average molecular weight is 390 g/mol. The van der Waals surface area contributed by atoms with Gasteiger partial charge in [0.1, 0.15) is 17.2 Å². The summed E-state index contributed by atoms with van der Waals surface area (Å²) >= 11 is 3.14. The Morgan fingerprint density at radius 2 is 1.50 bits per heavy atom. The van der Waals surface area contributed by atoms with Gasteiger partial charge in [-0.15, -0.1) is 10.2 Å². The zero-order valence-corrected chi connectivity index (χ0v) is 16.1. The molecule has 0 fully saturated rings. The molecule has 6 nitrogen and oxygen atoms in total. The number of rotatable bonds is 9. The van der Waals surface area contributed by atoms with Crippen molar-refractivity contribution in [3.05, 3.63) is 48.5 Å². The molecule has 136 valence electrons. The summed E-state index contributed by atoms with van der Waals surface area (Å²) in [5.41, 5.74) is 0.946. The maximum Gasteiger partial charge on any atom is 0.210 e. The summed E-state index contributed by atoms with van der Waals surface area (Å²) in [6.45, 7) is 0.595. The van der Waals surface area contributed by atoms with Crippen LogP contribution in [0.25, 0.3) is 0 Å². The van der Waals surface area contributed by atoms with Gasteiger partial charge in [0.2, 0.25) is 5.13 Å². The maximum absolute atomic E-state index is 5.70. The second-order valence-corrected chi connectivity index (χ2v) is 7.42. The molecule has 2 aromatic carbocycles. The third kappa shape index (κ3) is 5.27. The van der Waals surface area contributed by atoms with Crippen molar-refractivity contribution >= 4 is 33.9 Å². The topological polar surface area (TPSA) is 65.5 Å². The zero-order valence-electron chi connectivity index (χ0n) is 14.5. The molecule has 1 N–H and O–H groups in total. The highest BCUT2D eigenvalue weighted by molar-refractivity contribution is 8.01. The van der Waals surface area contributed by atoms with Crippen LogP contribution in [0.4, 0.5) is 10.8 Å². The van der Waals surface area contributed by atoms with Gasteiger partial charge in [0.15, 0.2) is 4.34 Å². The summed E-state index contributed by atoms with van der Waals surface area (Å²) < 4.78 is 16.9. The van der Waals surface area contributed by atoms with Crippen LogP contribution in [0, 0.1) is 0 Å². The molecule has 26 heavy (non-hydrogen) atoms. The van der Waals surface area contributed by atoms with Gasteiger partial charge in [-0.25, -0.2) is 0 Å². The molecule has 0 saturated heterocycles. The number of hydrogen-bond donors (Lipinski definition) is 1. The van der Waals surface area contributed by atoms with E-state index in [-0.39, 0.29) is 0 Å². The van der Waals surface area contributed by atoms with Crippen molar-refractivity contribution in [3.63, 3.8) is 0 Å². The van der Waals surface area contributed by atoms with Crippen molar-refractivity contribution in [2.75, 3.05) is 31.9 Å². The van der Waals surface area contributed by atoms with Crippen LogP contribution in [0.3, 0.4) is 0 Å². The molecule has 1 heterocycles. The second kappa shape index (κ2) is 9.30. The first kappa shape index (κ1) is 18.3. The Hall–Kier alpha value is -2.45. The molecule has 1 aromatic heterocycles. The highest BCUT2D eigenvalue weighted by Gasteiger charge is 2.06. The van der Waals surface area contributed by atoms with Crippen LogP contribution in [0.1, 0.15) is 0 Å². The minimum Gasteiger partial charge on any atom is -0.497 e. The summed E-state index contributed by atoms with van der Waals surface area (Å²) in [6, 6.07) is 15.2. The fraction of sp³-hybridized carbons (Fsp3) is 0.222. The van der Waals surface area contributed by atoms with Gasteiger partial charge >= 0.3 is 0 Å². The van der Waals surface area contributed by atoms with Crippen molar-refractivity contribution in [2.24, 2.45) is 0 Å². The Labute approximate surface area is 160 Å². The summed E-state index contributed by atoms with van der Waals surface area (Å²) in [7, 11) is 3.29. The van der Waals surface area contributed by atoms with Gasteiger partial charge in [0, 0.05) is 11.4 Å². The number of nitrogens with zero attached hydrogens (tertiary/aromatic N) is 2. The van der Waals surface area contributed by atoms with E-state index in [1.807, 2.05) is 48.5 Å². The van der Waals surface area contributed by atoms with Crippen LogP contribution in [-0.2, 0) is 0 Å². The van der Waals surface area contributed by atoms with Crippen molar-refractivity contribution in [1.29, 1.82) is 0 Å². The maximum atomic E-state index is 5.70. The quantitative estimate of drug-likeness (QED) is 0.428. The summed E-state index contributed by atoms with van der Waals surface area (Å²) in [5.74, 6) is 3.26. The fourth-order valence-electron chi connectivity index (χ4n) is 2.08. The number of benzene rings is 2. The molecule has 0 aliphatic rings. The Balaban J connectivity index is 1.42. The van der Waals surface area contributed by atoms with Gasteiger partial charge in [0.25, 0.3) is 0 Å². The third-order valence-electron chi connectivity index (χ3n) is 3.38. The van der Waals surface area contributed by atoms with Gasteiger partial charge in [-0.2, -0.15) is 0 Å². The van der Waals surface area contributed by atoms with Gasteiger partial charge in [-0.3, -0.25) is 0 Å². The molecule has 0 bridgehead atoms. The Morgan fingerprint density at radius 1 is 0.885 bits per heavy atom. The van der Waals surface area contributed by atoms with Crippen LogP contribution in [0.15, 0.2) is 52.9 Å². The van der Waals surface area contributed by atoms with Crippen LogP contribution in [0.5, 0.6) is 17.2 Å². The average Bonchev–Trinajstić information content (AvgIpc) is 3.13. The van der Waals surface area contributed by atoms with Gasteiger partial charge in [0.05, 0.1) is 20.8 Å². The summed E-state index contributed by atoms with van der Waals surface area (Å²) in [6.07, 6.45) is 0. The predicted octanol–water partition coefficient (Wildman–Crippen LogP) is 4.47. The zero-order chi connectivity index (χ0) is 18.2. The van der Waals surface area contributed by atoms with E-state index >= 15 is 0 Å². The SMILES string of the molecule is COc1ccc(Nc2nnc(SCCOc3ccc(OC)cc3)s2)cc1. The smallest absolute Gasteiger partial charge is 0.210 e. The Kier molecular flexibility index (Phi) is 6.56. The second-order valence-electron chi connectivity index (χ2n) is 5.10. The van der Waals surface area contributed by atoms with E-state index in [4.69, 9.17) is 14.2 Å². The Morgan fingerprint density at radius 3 is 2.15 bits per heavy atom. The van der Waals surface area contributed by atoms with E-state index in [1.165, 1.54) is 11.3 Å². The molecule has 0 aliphatic carbocycles. The molecule has 3 rings (SSSR count). The molecule has 0 radical (unpaired) electrons. The largest absolute Gasteiger partial charge is 0.497 e. The first-order valence-electron chi connectivity index (χ1n) is 7.91. The van der Waals surface area contributed by atoms with E-state index in [9.17, 15) is 0 Å². The van der Waals surface area contributed by atoms with Crippen LogP contribution in [0.2, 0.25) is 0 Å². The number of aromatic nitrogens is 2.